The van der Waals surface area contributed by atoms with E-state index in [0.29, 0.717) is 0 Å². The van der Waals surface area contributed by atoms with Gasteiger partial charge in [0.15, 0.2) is 0 Å². The Hall–Kier alpha value is 0.0249. The number of hydrogen-bond acceptors (Lipinski definition) is 1. The maximum absolute atomic E-state index is 5.36. The van der Waals surface area contributed by atoms with Crippen LogP contribution in [0.15, 0.2) is 0 Å². The van der Waals surface area contributed by atoms with Crippen LogP contribution < -0.4 is 0 Å². The lowest BCUT2D eigenvalue weighted by molar-refractivity contribution is 0.161. The molecule has 0 bridgehead atoms. The molecular formula is C10H23BO. The first-order chi connectivity index (χ1) is 5.85. The second-order valence-corrected chi connectivity index (χ2v) is 3.43. The van der Waals surface area contributed by atoms with Gasteiger partial charge >= 0.3 is 0 Å². The molecule has 1 nitrogen and oxygen atoms in total. The predicted octanol–water partition coefficient (Wildman–Crippen LogP) is 3.34. The van der Waals surface area contributed by atoms with Gasteiger partial charge in [-0.2, -0.15) is 0 Å². The summed E-state index contributed by atoms with van der Waals surface area (Å²) in [5.41, 5.74) is 0. The van der Waals surface area contributed by atoms with Gasteiger partial charge in [-0.3, -0.25) is 0 Å². The van der Waals surface area contributed by atoms with Crippen LogP contribution in [0.3, 0.4) is 0 Å². The van der Waals surface area contributed by atoms with Crippen molar-refractivity contribution < 1.29 is 4.74 Å². The summed E-state index contributed by atoms with van der Waals surface area (Å²) in [7, 11) is 0. The van der Waals surface area contributed by atoms with Crippen LogP contribution in [-0.4, -0.2) is 19.9 Å². The summed E-state index contributed by atoms with van der Waals surface area (Å²) in [6.07, 6.45) is 6.64. The van der Waals surface area contributed by atoms with Crippen LogP contribution >= 0.6 is 0 Å². The summed E-state index contributed by atoms with van der Waals surface area (Å²) in [6.45, 7) is 9.33. The SMILES string of the molecule is CCCB(CCC)CCOCC. The Morgan fingerprint density at radius 1 is 0.917 bits per heavy atom. The van der Waals surface area contributed by atoms with Crippen molar-refractivity contribution in [2.24, 2.45) is 0 Å². The predicted molar refractivity (Wildman–Crippen MR) is 57.3 cm³/mol. The Kier molecular flexibility index (Phi) is 9.13. The monoisotopic (exact) mass is 170 g/mol. The molecule has 0 heterocycles. The molecule has 0 aliphatic rings. The fourth-order valence-electron chi connectivity index (χ4n) is 1.64. The highest BCUT2D eigenvalue weighted by atomic mass is 16.5. The first-order valence-corrected chi connectivity index (χ1v) is 5.42. The van der Waals surface area contributed by atoms with Gasteiger partial charge in [0, 0.05) is 13.2 Å². The second-order valence-electron chi connectivity index (χ2n) is 3.43. The minimum atomic E-state index is 0.866. The molecule has 0 amide bonds. The van der Waals surface area contributed by atoms with E-state index in [2.05, 4.69) is 20.8 Å². The van der Waals surface area contributed by atoms with Crippen molar-refractivity contribution >= 4 is 6.71 Å². The van der Waals surface area contributed by atoms with Gasteiger partial charge in [-0.15, -0.1) is 0 Å². The minimum absolute atomic E-state index is 0.866. The first kappa shape index (κ1) is 12.0. The van der Waals surface area contributed by atoms with Crippen LogP contribution in [0.5, 0.6) is 0 Å². The quantitative estimate of drug-likeness (QED) is 0.401. The summed E-state index contributed by atoms with van der Waals surface area (Å²) in [5.74, 6) is 0. The summed E-state index contributed by atoms with van der Waals surface area (Å²) in [5, 5.41) is 0. The molecule has 72 valence electrons. The molecule has 0 aromatic carbocycles. The van der Waals surface area contributed by atoms with Crippen LogP contribution in [0.1, 0.15) is 33.6 Å². The van der Waals surface area contributed by atoms with Gasteiger partial charge in [0.2, 0.25) is 0 Å². The Bertz CT molecular complexity index is 79.9. The van der Waals surface area contributed by atoms with Gasteiger partial charge in [0.05, 0.1) is 0 Å². The standard InChI is InChI=1S/C10H23BO/c1-4-7-11(8-5-2)9-10-12-6-3/h4-10H2,1-3H3. The largest absolute Gasteiger partial charge is 0.382 e. The molecule has 0 aromatic heterocycles. The van der Waals surface area contributed by atoms with E-state index in [1.54, 1.807) is 0 Å². The van der Waals surface area contributed by atoms with E-state index in [1.165, 1.54) is 31.8 Å². The van der Waals surface area contributed by atoms with E-state index in [4.69, 9.17) is 4.74 Å². The van der Waals surface area contributed by atoms with Crippen LogP contribution in [0, 0.1) is 0 Å². The maximum Gasteiger partial charge on any atom is 0.142 e. The minimum Gasteiger partial charge on any atom is -0.382 e. The molecule has 0 radical (unpaired) electrons. The molecule has 0 spiro atoms. The lowest BCUT2D eigenvalue weighted by Crippen LogP contribution is -2.14. The molecule has 0 saturated carbocycles. The van der Waals surface area contributed by atoms with Crippen molar-refractivity contribution in [3.8, 4) is 0 Å². The molecular weight excluding hydrogens is 147 g/mol. The van der Waals surface area contributed by atoms with Crippen LogP contribution in [-0.2, 0) is 4.74 Å². The second kappa shape index (κ2) is 9.12. The van der Waals surface area contributed by atoms with E-state index >= 15 is 0 Å². The third-order valence-corrected chi connectivity index (χ3v) is 2.27. The Balaban J connectivity index is 3.34. The molecule has 0 aliphatic carbocycles. The van der Waals surface area contributed by atoms with Crippen molar-refractivity contribution in [1.82, 2.24) is 0 Å². The third kappa shape index (κ3) is 6.72. The average molecular weight is 170 g/mol. The molecule has 0 aliphatic heterocycles. The number of rotatable bonds is 8. The highest BCUT2D eigenvalue weighted by Gasteiger charge is 2.10. The molecule has 0 N–H and O–H groups in total. The van der Waals surface area contributed by atoms with Crippen molar-refractivity contribution in [3.63, 3.8) is 0 Å². The van der Waals surface area contributed by atoms with Crippen LogP contribution in [0.2, 0.25) is 19.0 Å². The number of ether oxygens (including phenoxy) is 1. The van der Waals surface area contributed by atoms with Gasteiger partial charge in [-0.25, -0.2) is 0 Å². The fraction of sp³-hybridized carbons (Fsp3) is 1.00. The molecule has 0 rings (SSSR count). The normalized spacial score (nSPS) is 10.2. The zero-order chi connectivity index (χ0) is 9.23. The highest BCUT2D eigenvalue weighted by molar-refractivity contribution is 6.58. The van der Waals surface area contributed by atoms with E-state index in [1.807, 2.05) is 0 Å². The summed E-state index contributed by atoms with van der Waals surface area (Å²) >= 11 is 0. The molecule has 0 saturated heterocycles. The van der Waals surface area contributed by atoms with Gasteiger partial charge in [-0.05, 0) is 6.92 Å². The van der Waals surface area contributed by atoms with Gasteiger partial charge < -0.3 is 4.74 Å². The number of hydrogen-bond donors (Lipinski definition) is 0. The lowest BCUT2D eigenvalue weighted by Gasteiger charge is -2.10. The summed E-state index contributed by atoms with van der Waals surface area (Å²) < 4.78 is 5.36. The van der Waals surface area contributed by atoms with Gasteiger partial charge in [-0.1, -0.05) is 45.6 Å². The van der Waals surface area contributed by atoms with Gasteiger partial charge in [0.1, 0.15) is 6.71 Å². The molecule has 0 unspecified atom stereocenters. The Morgan fingerprint density at radius 2 is 1.50 bits per heavy atom. The van der Waals surface area contributed by atoms with E-state index < -0.39 is 0 Å². The lowest BCUT2D eigenvalue weighted by atomic mass is 9.42. The smallest absolute Gasteiger partial charge is 0.142 e. The first-order valence-electron chi connectivity index (χ1n) is 5.42. The molecule has 12 heavy (non-hydrogen) atoms. The van der Waals surface area contributed by atoms with Crippen LogP contribution in [0.25, 0.3) is 0 Å². The van der Waals surface area contributed by atoms with Gasteiger partial charge in [0.25, 0.3) is 0 Å². The fourth-order valence-corrected chi connectivity index (χ4v) is 1.64. The highest BCUT2D eigenvalue weighted by Crippen LogP contribution is 2.10. The van der Waals surface area contributed by atoms with E-state index in [9.17, 15) is 0 Å². The van der Waals surface area contributed by atoms with E-state index in [0.717, 1.165) is 19.9 Å². The average Bonchev–Trinajstić information content (AvgIpc) is 2.06. The molecule has 0 atom stereocenters. The van der Waals surface area contributed by atoms with Crippen LogP contribution in [0.4, 0.5) is 0 Å². The Morgan fingerprint density at radius 3 is 1.92 bits per heavy atom. The summed E-state index contributed by atoms with van der Waals surface area (Å²) in [4.78, 5) is 0. The van der Waals surface area contributed by atoms with Crippen molar-refractivity contribution in [1.29, 1.82) is 0 Å². The summed E-state index contributed by atoms with van der Waals surface area (Å²) in [6, 6.07) is 0. The third-order valence-electron chi connectivity index (χ3n) is 2.27. The zero-order valence-corrected chi connectivity index (χ0v) is 8.94. The molecule has 2 heteroatoms. The van der Waals surface area contributed by atoms with Crippen molar-refractivity contribution in [2.45, 2.75) is 52.6 Å². The van der Waals surface area contributed by atoms with Crippen molar-refractivity contribution in [2.75, 3.05) is 13.2 Å². The molecule has 0 aromatic rings. The van der Waals surface area contributed by atoms with E-state index in [-0.39, 0.29) is 0 Å². The Labute approximate surface area is 78.0 Å². The topological polar surface area (TPSA) is 9.23 Å². The molecule has 0 fully saturated rings. The zero-order valence-electron chi connectivity index (χ0n) is 8.94. The maximum atomic E-state index is 5.36. The van der Waals surface area contributed by atoms with Crippen molar-refractivity contribution in [3.05, 3.63) is 0 Å².